The molecule has 0 saturated carbocycles. The zero-order chi connectivity index (χ0) is 5.11. The zero-order valence-corrected chi connectivity index (χ0v) is 8.82. The Balaban J connectivity index is 0.000000490. The van der Waals surface area contributed by atoms with Crippen LogP contribution in [0.5, 0.6) is 0 Å². The first-order valence-electron chi connectivity index (χ1n) is 1.86. The maximum Gasteiger partial charge on any atom is 0 e. The van der Waals surface area contributed by atoms with E-state index < -0.39 is 0 Å². The van der Waals surface area contributed by atoms with Gasteiger partial charge in [-0.3, -0.25) is 0 Å². The third-order valence-electron chi connectivity index (χ3n) is 0.568. The van der Waals surface area contributed by atoms with Crippen LogP contribution < -0.4 is 0 Å². The van der Waals surface area contributed by atoms with Crippen LogP contribution in [0.3, 0.4) is 0 Å². The molecule has 0 N–H and O–H groups in total. The summed E-state index contributed by atoms with van der Waals surface area (Å²) in [7, 11) is 0. The van der Waals surface area contributed by atoms with E-state index >= 15 is 0 Å². The van der Waals surface area contributed by atoms with Crippen LogP contribution in [0.25, 0.3) is 0 Å². The van der Waals surface area contributed by atoms with Gasteiger partial charge in [-0.1, -0.05) is 6.20 Å². The molecule has 1 rings (SSSR count). The molecule has 38 valence electrons. The van der Waals surface area contributed by atoms with E-state index in [0.717, 1.165) is 4.47 Å². The number of aromatic nitrogens is 1. The van der Waals surface area contributed by atoms with Gasteiger partial charge >= 0.3 is 0 Å². The van der Waals surface area contributed by atoms with E-state index in [1.54, 1.807) is 12.4 Å². The topological polar surface area (TPSA) is 12.9 Å². The molecular formula is C5H3BrNZn-. The summed E-state index contributed by atoms with van der Waals surface area (Å²) in [4.78, 5) is 3.78. The van der Waals surface area contributed by atoms with Crippen molar-refractivity contribution >= 4 is 15.9 Å². The van der Waals surface area contributed by atoms with Crippen LogP contribution in [0.15, 0.2) is 22.9 Å². The maximum atomic E-state index is 3.78. The van der Waals surface area contributed by atoms with Crippen molar-refractivity contribution in [2.45, 2.75) is 0 Å². The summed E-state index contributed by atoms with van der Waals surface area (Å²) in [5.41, 5.74) is 0. The Morgan fingerprint density at radius 3 is 2.62 bits per heavy atom. The minimum atomic E-state index is 0. The molecule has 0 aliphatic carbocycles. The largest absolute Gasteiger partial charge is 0.303 e. The van der Waals surface area contributed by atoms with E-state index in [1.165, 1.54) is 0 Å². The molecule has 0 bridgehead atoms. The summed E-state index contributed by atoms with van der Waals surface area (Å²) >= 11 is 3.22. The fourth-order valence-corrected chi connectivity index (χ4v) is 0.556. The second-order valence-electron chi connectivity index (χ2n) is 1.10. The second kappa shape index (κ2) is 4.16. The van der Waals surface area contributed by atoms with Gasteiger partial charge in [0.1, 0.15) is 0 Å². The van der Waals surface area contributed by atoms with Crippen LogP contribution in [0, 0.1) is 6.07 Å². The van der Waals surface area contributed by atoms with Gasteiger partial charge in [0.2, 0.25) is 0 Å². The average Bonchev–Trinajstić information content (AvgIpc) is 1.69. The van der Waals surface area contributed by atoms with Gasteiger partial charge in [-0.25, -0.2) is 12.1 Å². The average molecular weight is 222 g/mol. The van der Waals surface area contributed by atoms with Crippen molar-refractivity contribution in [1.82, 2.24) is 4.98 Å². The molecule has 0 radical (unpaired) electrons. The Labute approximate surface area is 69.4 Å². The van der Waals surface area contributed by atoms with E-state index in [2.05, 4.69) is 27.0 Å². The Hall–Kier alpha value is 0.253. The SMILES string of the molecule is Brc1c[c-]cnc1.[Zn]. The Morgan fingerprint density at radius 1 is 1.62 bits per heavy atom. The van der Waals surface area contributed by atoms with Gasteiger partial charge < -0.3 is 4.98 Å². The molecule has 0 aliphatic rings. The minimum absolute atomic E-state index is 0. The van der Waals surface area contributed by atoms with Gasteiger partial charge in [-0.05, 0) is 6.20 Å². The van der Waals surface area contributed by atoms with Gasteiger partial charge in [0.25, 0.3) is 0 Å². The van der Waals surface area contributed by atoms with Crippen LogP contribution >= 0.6 is 15.9 Å². The van der Waals surface area contributed by atoms with Gasteiger partial charge in [-0.2, -0.15) is 15.9 Å². The maximum absolute atomic E-state index is 3.78. The zero-order valence-electron chi connectivity index (χ0n) is 4.26. The van der Waals surface area contributed by atoms with Crippen molar-refractivity contribution in [3.63, 3.8) is 0 Å². The summed E-state index contributed by atoms with van der Waals surface area (Å²) in [5.74, 6) is 0. The fraction of sp³-hybridized carbons (Fsp3) is 0. The molecule has 0 aromatic carbocycles. The molecule has 3 heteroatoms. The first-order chi connectivity index (χ1) is 3.39. The molecule has 1 aromatic rings. The summed E-state index contributed by atoms with van der Waals surface area (Å²) in [6, 6.07) is 4.62. The first kappa shape index (κ1) is 8.25. The number of hydrogen-bond donors (Lipinski definition) is 0. The van der Waals surface area contributed by atoms with E-state index in [9.17, 15) is 0 Å². The van der Waals surface area contributed by atoms with E-state index in [0.29, 0.717) is 0 Å². The Kier molecular flexibility index (Phi) is 4.30. The van der Waals surface area contributed by atoms with E-state index in [-0.39, 0.29) is 19.5 Å². The third kappa shape index (κ3) is 2.53. The molecule has 0 amide bonds. The molecular weight excluding hydrogens is 219 g/mol. The van der Waals surface area contributed by atoms with Crippen molar-refractivity contribution in [2.24, 2.45) is 0 Å². The monoisotopic (exact) mass is 220 g/mol. The number of rotatable bonds is 0. The quantitative estimate of drug-likeness (QED) is 0.480. The molecule has 0 spiro atoms. The molecule has 8 heavy (non-hydrogen) atoms. The predicted molar refractivity (Wildman–Crippen MR) is 30.8 cm³/mol. The minimum Gasteiger partial charge on any atom is -0.303 e. The van der Waals surface area contributed by atoms with Crippen molar-refractivity contribution in [3.05, 3.63) is 29.0 Å². The van der Waals surface area contributed by atoms with Crippen molar-refractivity contribution in [2.75, 3.05) is 0 Å². The first-order valence-corrected chi connectivity index (χ1v) is 2.65. The second-order valence-corrected chi connectivity index (χ2v) is 2.02. The summed E-state index contributed by atoms with van der Waals surface area (Å²) in [6.45, 7) is 0. The smallest absolute Gasteiger partial charge is 0 e. The molecule has 0 fully saturated rings. The molecule has 1 aromatic heterocycles. The number of pyridine rings is 1. The van der Waals surface area contributed by atoms with Crippen molar-refractivity contribution in [3.8, 4) is 0 Å². The molecule has 0 saturated heterocycles. The van der Waals surface area contributed by atoms with E-state index in [1.807, 2.05) is 6.07 Å². The fourth-order valence-electron chi connectivity index (χ4n) is 0.306. The summed E-state index contributed by atoms with van der Waals surface area (Å²) in [6.07, 6.45) is 3.33. The normalized spacial score (nSPS) is 7.62. The standard InChI is InChI=1S/C5H3BrN.Zn/c6-5-2-1-3-7-4-5;/h2-4H;/q-1;. The predicted octanol–water partition coefficient (Wildman–Crippen LogP) is 1.64. The Morgan fingerprint density at radius 2 is 2.38 bits per heavy atom. The third-order valence-corrected chi connectivity index (χ3v) is 1.00. The van der Waals surface area contributed by atoms with Crippen LogP contribution in [0.2, 0.25) is 0 Å². The molecule has 1 heterocycles. The number of halogens is 1. The van der Waals surface area contributed by atoms with E-state index in [4.69, 9.17) is 0 Å². The van der Waals surface area contributed by atoms with Gasteiger partial charge in [0.15, 0.2) is 0 Å². The van der Waals surface area contributed by atoms with Crippen LogP contribution in [-0.4, -0.2) is 4.98 Å². The van der Waals surface area contributed by atoms with Crippen LogP contribution in [0.1, 0.15) is 0 Å². The molecule has 0 aliphatic heterocycles. The van der Waals surface area contributed by atoms with Gasteiger partial charge in [-0.15, -0.1) is 4.47 Å². The summed E-state index contributed by atoms with van der Waals surface area (Å²) in [5, 5.41) is 0. The number of hydrogen-bond acceptors (Lipinski definition) is 1. The summed E-state index contributed by atoms with van der Waals surface area (Å²) < 4.78 is 0.968. The van der Waals surface area contributed by atoms with Crippen LogP contribution in [-0.2, 0) is 19.5 Å². The van der Waals surface area contributed by atoms with Crippen molar-refractivity contribution < 1.29 is 19.5 Å². The molecule has 1 nitrogen and oxygen atoms in total. The van der Waals surface area contributed by atoms with Crippen molar-refractivity contribution in [1.29, 1.82) is 0 Å². The van der Waals surface area contributed by atoms with Gasteiger partial charge in [0, 0.05) is 19.5 Å². The van der Waals surface area contributed by atoms with Gasteiger partial charge in [0.05, 0.1) is 0 Å². The molecule has 0 atom stereocenters. The Bertz CT molecular complexity index is 142. The molecule has 0 unspecified atom stereocenters. The van der Waals surface area contributed by atoms with Crippen LogP contribution in [0.4, 0.5) is 0 Å². The number of nitrogens with zero attached hydrogens (tertiary/aromatic N) is 1.